The number of methoxy groups -OCH3 is 1. The molecular weight excluding hydrogens is 399 g/mol. The molecule has 0 saturated carbocycles. The first kappa shape index (κ1) is 20.6. The fourth-order valence-electron chi connectivity index (χ4n) is 3.69. The highest BCUT2D eigenvalue weighted by atomic mass is 19.1. The average Bonchev–Trinajstić information content (AvgIpc) is 3.30. The summed E-state index contributed by atoms with van der Waals surface area (Å²) in [5.74, 6) is -0.116. The number of aromatic amines is 1. The minimum Gasteiger partial charge on any atom is -0.496 e. The predicted octanol–water partition coefficient (Wildman–Crippen LogP) is 3.26. The van der Waals surface area contributed by atoms with Crippen LogP contribution in [-0.2, 0) is 0 Å². The van der Waals surface area contributed by atoms with Crippen molar-refractivity contribution >= 4 is 11.8 Å². The standard InChI is InChI=1S/C23H23FN4O3/c1-31-21-5-3-2-4-18(21)22(29)25-17-10-12-28(13-11-17)23(30)20-14-19(26-27-20)15-6-8-16(24)9-7-15/h2-9,14,17H,10-13H2,1H3,(H,25,29)(H,26,27). The monoisotopic (exact) mass is 422 g/mol. The first-order valence-corrected chi connectivity index (χ1v) is 10.1. The van der Waals surface area contributed by atoms with Crippen LogP contribution < -0.4 is 10.1 Å². The van der Waals surface area contributed by atoms with Gasteiger partial charge in [-0.2, -0.15) is 5.10 Å². The van der Waals surface area contributed by atoms with Gasteiger partial charge in [-0.3, -0.25) is 14.7 Å². The Bertz CT molecular complexity index is 1070. The lowest BCUT2D eigenvalue weighted by atomic mass is 10.0. The van der Waals surface area contributed by atoms with E-state index in [-0.39, 0.29) is 23.7 Å². The molecule has 2 aromatic carbocycles. The summed E-state index contributed by atoms with van der Waals surface area (Å²) in [6.45, 7) is 1.06. The number of carbonyl (C=O) groups is 2. The van der Waals surface area contributed by atoms with Gasteiger partial charge in [0.1, 0.15) is 17.3 Å². The minimum atomic E-state index is -0.323. The molecule has 2 amide bonds. The van der Waals surface area contributed by atoms with Gasteiger partial charge in [-0.25, -0.2) is 4.39 Å². The largest absolute Gasteiger partial charge is 0.496 e. The number of aromatic nitrogens is 2. The molecule has 3 aromatic rings. The second-order valence-corrected chi connectivity index (χ2v) is 7.41. The van der Waals surface area contributed by atoms with E-state index in [0.717, 1.165) is 5.56 Å². The fourth-order valence-corrected chi connectivity index (χ4v) is 3.69. The molecule has 1 aliphatic heterocycles. The number of rotatable bonds is 5. The van der Waals surface area contributed by atoms with E-state index in [2.05, 4.69) is 15.5 Å². The quantitative estimate of drug-likeness (QED) is 0.661. The molecule has 31 heavy (non-hydrogen) atoms. The maximum Gasteiger partial charge on any atom is 0.271 e. The number of hydrogen-bond donors (Lipinski definition) is 2. The highest BCUT2D eigenvalue weighted by Crippen LogP contribution is 2.21. The van der Waals surface area contributed by atoms with Crippen molar-refractivity contribution in [2.24, 2.45) is 0 Å². The first-order chi connectivity index (χ1) is 15.0. The number of nitrogens with one attached hydrogen (secondary N) is 2. The van der Waals surface area contributed by atoms with Crippen LogP contribution in [0.3, 0.4) is 0 Å². The zero-order valence-corrected chi connectivity index (χ0v) is 17.1. The molecule has 1 fully saturated rings. The molecule has 0 bridgehead atoms. The molecule has 2 heterocycles. The molecule has 0 radical (unpaired) electrons. The number of para-hydroxylation sites is 1. The van der Waals surface area contributed by atoms with Crippen molar-refractivity contribution in [1.29, 1.82) is 0 Å². The Morgan fingerprint density at radius 1 is 1.13 bits per heavy atom. The second kappa shape index (κ2) is 8.99. The van der Waals surface area contributed by atoms with E-state index in [0.29, 0.717) is 48.6 Å². The van der Waals surface area contributed by atoms with Crippen LogP contribution in [0.15, 0.2) is 54.6 Å². The maximum absolute atomic E-state index is 13.1. The summed E-state index contributed by atoms with van der Waals surface area (Å²) in [6, 6.07) is 14.7. The zero-order valence-electron chi connectivity index (χ0n) is 17.1. The Morgan fingerprint density at radius 3 is 2.55 bits per heavy atom. The van der Waals surface area contributed by atoms with Gasteiger partial charge in [0.25, 0.3) is 11.8 Å². The lowest BCUT2D eigenvalue weighted by Crippen LogP contribution is -2.46. The van der Waals surface area contributed by atoms with Gasteiger partial charge >= 0.3 is 0 Å². The first-order valence-electron chi connectivity index (χ1n) is 10.1. The highest BCUT2D eigenvalue weighted by Gasteiger charge is 2.26. The summed E-state index contributed by atoms with van der Waals surface area (Å²) in [5.41, 5.74) is 2.20. The van der Waals surface area contributed by atoms with E-state index in [9.17, 15) is 14.0 Å². The molecule has 0 unspecified atom stereocenters. The number of likely N-dealkylation sites (tertiary alicyclic amines) is 1. The van der Waals surface area contributed by atoms with E-state index < -0.39 is 0 Å². The van der Waals surface area contributed by atoms with E-state index in [1.807, 2.05) is 6.07 Å². The number of halogens is 1. The summed E-state index contributed by atoms with van der Waals surface area (Å²) in [6.07, 6.45) is 1.32. The molecule has 1 aromatic heterocycles. The number of hydrogen-bond acceptors (Lipinski definition) is 4. The molecule has 1 saturated heterocycles. The van der Waals surface area contributed by atoms with Gasteiger partial charge in [0.15, 0.2) is 0 Å². The van der Waals surface area contributed by atoms with Gasteiger partial charge in [-0.15, -0.1) is 0 Å². The van der Waals surface area contributed by atoms with Crippen LogP contribution in [0.4, 0.5) is 4.39 Å². The Morgan fingerprint density at radius 2 is 1.84 bits per heavy atom. The third-order valence-corrected chi connectivity index (χ3v) is 5.42. The number of carbonyl (C=O) groups excluding carboxylic acids is 2. The lowest BCUT2D eigenvalue weighted by molar-refractivity contribution is 0.0692. The molecule has 8 heteroatoms. The number of amides is 2. The maximum atomic E-state index is 13.1. The van der Waals surface area contributed by atoms with Crippen LogP contribution in [0.5, 0.6) is 5.75 Å². The number of benzene rings is 2. The fraction of sp³-hybridized carbons (Fsp3) is 0.261. The zero-order chi connectivity index (χ0) is 21.8. The smallest absolute Gasteiger partial charge is 0.271 e. The summed E-state index contributed by atoms with van der Waals surface area (Å²) < 4.78 is 18.4. The highest BCUT2D eigenvalue weighted by molar-refractivity contribution is 5.97. The normalized spacial score (nSPS) is 14.3. The van der Waals surface area contributed by atoms with Crippen LogP contribution in [0.1, 0.15) is 33.7 Å². The Hall–Kier alpha value is -3.68. The predicted molar refractivity (Wildman–Crippen MR) is 113 cm³/mol. The van der Waals surface area contributed by atoms with Gasteiger partial charge in [-0.1, -0.05) is 12.1 Å². The van der Waals surface area contributed by atoms with Crippen molar-refractivity contribution in [3.05, 3.63) is 71.7 Å². The number of piperidine rings is 1. The Kier molecular flexibility index (Phi) is 5.97. The van der Waals surface area contributed by atoms with Gasteiger partial charge in [0.05, 0.1) is 18.4 Å². The minimum absolute atomic E-state index is 0.0157. The molecule has 1 aliphatic rings. The van der Waals surface area contributed by atoms with Crippen molar-refractivity contribution in [1.82, 2.24) is 20.4 Å². The van der Waals surface area contributed by atoms with E-state index in [1.165, 1.54) is 19.2 Å². The van der Waals surface area contributed by atoms with Crippen LogP contribution in [0.2, 0.25) is 0 Å². The van der Waals surface area contributed by atoms with Gasteiger partial charge < -0.3 is 15.0 Å². The number of nitrogens with zero attached hydrogens (tertiary/aromatic N) is 2. The van der Waals surface area contributed by atoms with Crippen LogP contribution in [-0.4, -0.2) is 53.2 Å². The molecule has 4 rings (SSSR count). The molecular formula is C23H23FN4O3. The Labute approximate surface area is 179 Å². The van der Waals surface area contributed by atoms with Crippen molar-refractivity contribution < 1.29 is 18.7 Å². The van der Waals surface area contributed by atoms with E-state index in [1.54, 1.807) is 41.3 Å². The lowest BCUT2D eigenvalue weighted by Gasteiger charge is -2.32. The molecule has 0 spiro atoms. The van der Waals surface area contributed by atoms with Crippen molar-refractivity contribution in [3.8, 4) is 17.0 Å². The topological polar surface area (TPSA) is 87.3 Å². The van der Waals surface area contributed by atoms with Gasteiger partial charge in [-0.05, 0) is 55.3 Å². The third kappa shape index (κ3) is 4.58. The van der Waals surface area contributed by atoms with Crippen molar-refractivity contribution in [3.63, 3.8) is 0 Å². The van der Waals surface area contributed by atoms with Crippen LogP contribution in [0, 0.1) is 5.82 Å². The second-order valence-electron chi connectivity index (χ2n) is 7.41. The molecule has 0 atom stereocenters. The third-order valence-electron chi connectivity index (χ3n) is 5.42. The van der Waals surface area contributed by atoms with Gasteiger partial charge in [0, 0.05) is 24.7 Å². The average molecular weight is 422 g/mol. The SMILES string of the molecule is COc1ccccc1C(=O)NC1CCN(C(=O)c2cc(-c3ccc(F)cc3)n[nH]2)CC1. The van der Waals surface area contributed by atoms with E-state index in [4.69, 9.17) is 4.74 Å². The Balaban J connectivity index is 1.34. The van der Waals surface area contributed by atoms with Gasteiger partial charge in [0.2, 0.25) is 0 Å². The molecule has 160 valence electrons. The van der Waals surface area contributed by atoms with Crippen LogP contribution >= 0.6 is 0 Å². The summed E-state index contributed by atoms with van der Waals surface area (Å²) in [5, 5.41) is 9.98. The summed E-state index contributed by atoms with van der Waals surface area (Å²) >= 11 is 0. The van der Waals surface area contributed by atoms with Crippen molar-refractivity contribution in [2.45, 2.75) is 18.9 Å². The number of H-pyrrole nitrogens is 1. The molecule has 7 nitrogen and oxygen atoms in total. The summed E-state index contributed by atoms with van der Waals surface area (Å²) in [4.78, 5) is 27.1. The molecule has 2 N–H and O–H groups in total. The van der Waals surface area contributed by atoms with Crippen LogP contribution in [0.25, 0.3) is 11.3 Å². The summed E-state index contributed by atoms with van der Waals surface area (Å²) in [7, 11) is 1.53. The van der Waals surface area contributed by atoms with E-state index >= 15 is 0 Å². The number of ether oxygens (including phenoxy) is 1. The van der Waals surface area contributed by atoms with Crippen molar-refractivity contribution in [2.75, 3.05) is 20.2 Å². The molecule has 0 aliphatic carbocycles.